The zero-order valence-corrected chi connectivity index (χ0v) is 37.5. The minimum Gasteiger partial charge on any atom is -0.453 e. The van der Waals surface area contributed by atoms with Crippen LogP contribution in [0.15, 0.2) is 54.6 Å². The van der Waals surface area contributed by atoms with E-state index in [0.29, 0.717) is 81.7 Å². The van der Waals surface area contributed by atoms with Crippen LogP contribution in [0.25, 0.3) is 44.2 Å². The molecule has 340 valence electrons. The molecule has 64 heavy (non-hydrogen) atoms. The molecule has 0 aliphatic carbocycles. The van der Waals surface area contributed by atoms with Crippen LogP contribution in [0.5, 0.6) is 0 Å². The second kappa shape index (κ2) is 20.0. The molecule has 4 atom stereocenters. The van der Waals surface area contributed by atoms with Crippen LogP contribution in [0.1, 0.15) is 76.5 Å². The highest BCUT2D eigenvalue weighted by molar-refractivity contribution is 6.31. The monoisotopic (exact) mass is 896 g/mol. The van der Waals surface area contributed by atoms with Crippen LogP contribution >= 0.6 is 11.6 Å². The fourth-order valence-corrected chi connectivity index (χ4v) is 9.83. The molecule has 3 aliphatic heterocycles. The molecule has 4 amide bonds. The number of nitrogens with one attached hydrogen (secondary N) is 4. The normalized spacial score (nSPS) is 19.4. The van der Waals surface area contributed by atoms with Crippen molar-refractivity contribution in [3.8, 4) is 22.4 Å². The highest BCUT2D eigenvalue weighted by atomic mass is 35.5. The number of fused-ring (bicyclic) bond motifs is 3. The Labute approximate surface area is 377 Å². The van der Waals surface area contributed by atoms with E-state index in [1.165, 1.54) is 14.2 Å². The van der Waals surface area contributed by atoms with Gasteiger partial charge in [-0.3, -0.25) is 9.59 Å². The summed E-state index contributed by atoms with van der Waals surface area (Å²) in [6.07, 6.45) is 3.68. The lowest BCUT2D eigenvalue weighted by molar-refractivity contribution is -0.139. The van der Waals surface area contributed by atoms with Crippen molar-refractivity contribution < 1.29 is 38.1 Å². The summed E-state index contributed by atoms with van der Waals surface area (Å²) >= 11 is 6.74. The Morgan fingerprint density at radius 3 is 2.09 bits per heavy atom. The molecule has 3 aromatic carbocycles. The van der Waals surface area contributed by atoms with Gasteiger partial charge in [-0.15, -0.1) is 0 Å². The molecule has 0 spiro atoms. The number of aromatic nitrogens is 4. The molecule has 4 unspecified atom stereocenters. The summed E-state index contributed by atoms with van der Waals surface area (Å²) in [5.41, 5.74) is 5.14. The maximum absolute atomic E-state index is 14.3. The summed E-state index contributed by atoms with van der Waals surface area (Å²) < 4.78 is 20.9. The third kappa shape index (κ3) is 9.54. The quantitative estimate of drug-likeness (QED) is 0.0919. The van der Waals surface area contributed by atoms with Crippen molar-refractivity contribution in [3.05, 3.63) is 71.4 Å². The van der Waals surface area contributed by atoms with Gasteiger partial charge in [-0.05, 0) is 92.4 Å². The zero-order valence-electron chi connectivity index (χ0n) is 36.8. The van der Waals surface area contributed by atoms with Gasteiger partial charge in [0.05, 0.1) is 37.8 Å². The number of likely N-dealkylation sites (tertiary alicyclic amines) is 1. The van der Waals surface area contributed by atoms with Gasteiger partial charge >= 0.3 is 12.2 Å². The van der Waals surface area contributed by atoms with Crippen LogP contribution in [-0.2, 0) is 35.1 Å². The maximum Gasteiger partial charge on any atom is 0.407 e. The number of benzene rings is 3. The third-order valence-corrected chi connectivity index (χ3v) is 13.3. The number of carbonyl (C=O) groups excluding carboxylic acids is 4. The van der Waals surface area contributed by atoms with Gasteiger partial charge in [0.2, 0.25) is 11.8 Å². The molecular formula is C47H57ClN8O8. The fourth-order valence-electron chi connectivity index (χ4n) is 9.57. The number of ether oxygens (including phenoxy) is 4. The standard InChI is InChI=1S/C47H57ClN8O8/c1-5-20-55(44(57)39(53-46(59)61-3)30-16-21-63-22-17-30)26-37-50-38(42(48)51-37)29-9-7-28(8-10-29)32-11-13-34-33(25-32)12-14-35-41(34)52-43(49-35)36-15-6-27(2)56(36)45(58)40(54-47(60)62-4)31-18-23-64-24-19-31/h7-14,25,27,30-31,36,39-40H,5-6,15-24,26H2,1-4H3,(H,49,52)(H,50,51)(H,53,59)(H,54,60). The van der Waals surface area contributed by atoms with E-state index in [0.717, 1.165) is 57.2 Å². The van der Waals surface area contributed by atoms with Crippen LogP contribution < -0.4 is 10.6 Å². The van der Waals surface area contributed by atoms with Crippen LogP contribution in [0.3, 0.4) is 0 Å². The molecule has 3 fully saturated rings. The maximum atomic E-state index is 14.3. The van der Waals surface area contributed by atoms with Gasteiger partial charge in [-0.25, -0.2) is 19.6 Å². The number of alkyl carbamates (subject to hydrolysis) is 2. The number of H-pyrrole nitrogens is 2. The number of hydrogen-bond donors (Lipinski definition) is 4. The van der Waals surface area contributed by atoms with Crippen molar-refractivity contribution >= 4 is 57.4 Å². The molecule has 5 aromatic rings. The molecule has 2 aromatic heterocycles. The molecule has 0 saturated carbocycles. The molecule has 0 radical (unpaired) electrons. The first-order valence-electron chi connectivity index (χ1n) is 22.3. The number of nitrogens with zero attached hydrogens (tertiary/aromatic N) is 4. The van der Waals surface area contributed by atoms with Crippen LogP contribution in [0.4, 0.5) is 9.59 Å². The van der Waals surface area contributed by atoms with Gasteiger partial charge in [0, 0.05) is 50.0 Å². The van der Waals surface area contributed by atoms with Gasteiger partial charge in [0.25, 0.3) is 0 Å². The van der Waals surface area contributed by atoms with E-state index < -0.39 is 24.3 Å². The highest BCUT2D eigenvalue weighted by Gasteiger charge is 2.43. The van der Waals surface area contributed by atoms with Gasteiger partial charge < -0.3 is 49.3 Å². The van der Waals surface area contributed by atoms with Crippen molar-refractivity contribution in [2.45, 2.75) is 89.5 Å². The van der Waals surface area contributed by atoms with Crippen LogP contribution in [-0.4, -0.2) is 119 Å². The number of rotatable bonds is 13. The lowest BCUT2D eigenvalue weighted by atomic mass is 9.90. The second-order valence-electron chi connectivity index (χ2n) is 17.0. The van der Waals surface area contributed by atoms with E-state index in [-0.39, 0.29) is 42.3 Å². The second-order valence-corrected chi connectivity index (χ2v) is 17.4. The molecule has 3 saturated heterocycles. The van der Waals surface area contributed by atoms with Crippen molar-refractivity contribution in [1.82, 2.24) is 40.4 Å². The van der Waals surface area contributed by atoms with Crippen LogP contribution in [0, 0.1) is 11.8 Å². The number of imidazole rings is 2. The van der Waals surface area contributed by atoms with E-state index in [4.69, 9.17) is 40.5 Å². The first-order valence-corrected chi connectivity index (χ1v) is 22.7. The first-order chi connectivity index (χ1) is 31.1. The Balaban J connectivity index is 0.987. The van der Waals surface area contributed by atoms with E-state index in [2.05, 4.69) is 51.8 Å². The van der Waals surface area contributed by atoms with Crippen molar-refractivity contribution in [1.29, 1.82) is 0 Å². The van der Waals surface area contributed by atoms with E-state index >= 15 is 0 Å². The fraction of sp³-hybridized carbons (Fsp3) is 0.489. The number of halogens is 1. The Kier molecular flexibility index (Phi) is 14.0. The third-order valence-electron chi connectivity index (χ3n) is 13.0. The summed E-state index contributed by atoms with van der Waals surface area (Å²) in [6, 6.07) is 16.7. The number of carbonyl (C=O) groups is 4. The topological polar surface area (TPSA) is 193 Å². The average molecular weight is 897 g/mol. The SMILES string of the molecule is CCCN(Cc1nc(-c2ccc(-c3ccc4c(ccc5[nH]c(C6CCC(C)N6C(=O)C(NC(=O)OC)C6CCOCC6)nc54)c3)cc2)c(Cl)[nH]1)C(=O)C(NC(=O)OC)C1CCOCC1. The molecule has 17 heteroatoms. The van der Waals surface area contributed by atoms with E-state index in [1.807, 2.05) is 42.2 Å². The van der Waals surface area contributed by atoms with E-state index in [9.17, 15) is 19.2 Å². The lowest BCUT2D eigenvalue weighted by Gasteiger charge is -2.36. The van der Waals surface area contributed by atoms with E-state index in [1.54, 1.807) is 4.90 Å². The lowest BCUT2D eigenvalue weighted by Crippen LogP contribution is -2.54. The van der Waals surface area contributed by atoms with Crippen molar-refractivity contribution in [2.75, 3.05) is 47.2 Å². The number of aromatic amines is 2. The Bertz CT molecular complexity index is 2460. The van der Waals surface area contributed by atoms with Crippen molar-refractivity contribution in [3.63, 3.8) is 0 Å². The number of methoxy groups -OCH3 is 2. The van der Waals surface area contributed by atoms with Gasteiger partial charge in [-0.1, -0.05) is 61.0 Å². The molecule has 0 bridgehead atoms. The first kappa shape index (κ1) is 44.9. The predicted molar refractivity (Wildman–Crippen MR) is 241 cm³/mol. The Morgan fingerprint density at radius 1 is 0.812 bits per heavy atom. The summed E-state index contributed by atoms with van der Waals surface area (Å²) in [7, 11) is 2.60. The molecule has 5 heterocycles. The summed E-state index contributed by atoms with van der Waals surface area (Å²) in [6.45, 7) is 6.86. The van der Waals surface area contributed by atoms with Gasteiger partial charge in [0.1, 0.15) is 34.6 Å². The highest BCUT2D eigenvalue weighted by Crippen LogP contribution is 2.39. The zero-order chi connectivity index (χ0) is 44.9. The molecule has 3 aliphatic rings. The number of amides is 4. The average Bonchev–Trinajstić information content (AvgIpc) is 4.05. The summed E-state index contributed by atoms with van der Waals surface area (Å²) in [4.78, 5) is 73.3. The summed E-state index contributed by atoms with van der Waals surface area (Å²) in [5.74, 6) is 0.804. The molecular weight excluding hydrogens is 840 g/mol. The van der Waals surface area contributed by atoms with Gasteiger partial charge in [0.15, 0.2) is 0 Å². The molecule has 16 nitrogen and oxygen atoms in total. The Hall–Kier alpha value is -5.71. The summed E-state index contributed by atoms with van der Waals surface area (Å²) in [5, 5.41) is 8.00. The largest absolute Gasteiger partial charge is 0.453 e. The molecule has 4 N–H and O–H groups in total. The van der Waals surface area contributed by atoms with Crippen molar-refractivity contribution in [2.24, 2.45) is 11.8 Å². The predicted octanol–water partition coefficient (Wildman–Crippen LogP) is 7.52. The number of hydrogen-bond acceptors (Lipinski definition) is 10. The molecule has 8 rings (SSSR count). The minimum absolute atomic E-state index is 0.0327. The van der Waals surface area contributed by atoms with Crippen LogP contribution in [0.2, 0.25) is 5.15 Å². The Morgan fingerprint density at radius 2 is 1.44 bits per heavy atom. The smallest absolute Gasteiger partial charge is 0.407 e. The minimum atomic E-state index is -0.748. The van der Waals surface area contributed by atoms with Gasteiger partial charge in [-0.2, -0.15) is 0 Å².